The van der Waals surface area contributed by atoms with Crippen LogP contribution in [0.2, 0.25) is 0 Å². The fourth-order valence-electron chi connectivity index (χ4n) is 1.43. The van der Waals surface area contributed by atoms with E-state index in [4.69, 9.17) is 0 Å². The second-order valence-corrected chi connectivity index (χ2v) is 4.80. The summed E-state index contributed by atoms with van der Waals surface area (Å²) in [7, 11) is 0. The van der Waals surface area contributed by atoms with Crippen LogP contribution in [0.4, 0.5) is 5.69 Å². The molecule has 18 heavy (non-hydrogen) atoms. The summed E-state index contributed by atoms with van der Waals surface area (Å²) in [5, 5.41) is 11.3. The molecule has 0 unspecified atom stereocenters. The van der Waals surface area contributed by atoms with Gasteiger partial charge in [0, 0.05) is 18.8 Å². The van der Waals surface area contributed by atoms with Crippen molar-refractivity contribution in [3.8, 4) is 0 Å². The van der Waals surface area contributed by atoms with Gasteiger partial charge in [-0.2, -0.15) is 0 Å². The highest BCUT2D eigenvalue weighted by Gasteiger charge is 2.11. The van der Waals surface area contributed by atoms with Gasteiger partial charge in [-0.05, 0) is 19.9 Å². The molecule has 2 aromatic rings. The molecule has 2 aromatic heterocycles. The number of anilines is 1. The highest BCUT2D eigenvalue weighted by Crippen LogP contribution is 2.11. The number of amides is 1. The predicted molar refractivity (Wildman–Crippen MR) is 69.0 cm³/mol. The largest absolute Gasteiger partial charge is 0.319 e. The van der Waals surface area contributed by atoms with Crippen LogP contribution in [0.15, 0.2) is 23.1 Å². The molecular weight excluding hydrogens is 252 g/mol. The summed E-state index contributed by atoms with van der Waals surface area (Å²) in [5.74, 6) is -0.318. The van der Waals surface area contributed by atoms with Gasteiger partial charge >= 0.3 is 0 Å². The van der Waals surface area contributed by atoms with Gasteiger partial charge < -0.3 is 9.88 Å². The monoisotopic (exact) mass is 264 g/mol. The SMILES string of the molecule is CCn1cc(NC(=O)c2nnc(C)s2)ccc1=O. The number of rotatable bonds is 3. The van der Waals surface area contributed by atoms with Gasteiger partial charge in [-0.1, -0.05) is 11.3 Å². The molecule has 0 fully saturated rings. The van der Waals surface area contributed by atoms with E-state index in [-0.39, 0.29) is 11.5 Å². The number of hydrogen-bond donors (Lipinski definition) is 1. The minimum absolute atomic E-state index is 0.0951. The van der Waals surface area contributed by atoms with E-state index in [1.807, 2.05) is 6.92 Å². The summed E-state index contributed by atoms with van der Waals surface area (Å²) in [4.78, 5) is 23.2. The quantitative estimate of drug-likeness (QED) is 0.906. The Morgan fingerprint density at radius 2 is 2.22 bits per heavy atom. The smallest absolute Gasteiger partial charge is 0.286 e. The van der Waals surface area contributed by atoms with Gasteiger partial charge in [0.2, 0.25) is 5.01 Å². The molecule has 0 saturated carbocycles. The molecule has 0 aliphatic rings. The Hall–Kier alpha value is -2.02. The van der Waals surface area contributed by atoms with Crippen LogP contribution in [-0.2, 0) is 6.54 Å². The van der Waals surface area contributed by atoms with E-state index in [0.29, 0.717) is 17.2 Å². The number of nitrogens with one attached hydrogen (secondary N) is 1. The van der Waals surface area contributed by atoms with Crippen LogP contribution in [0.3, 0.4) is 0 Å². The Morgan fingerprint density at radius 1 is 1.44 bits per heavy atom. The van der Waals surface area contributed by atoms with Crippen LogP contribution in [0, 0.1) is 6.92 Å². The second-order valence-electron chi connectivity index (χ2n) is 3.62. The molecule has 2 heterocycles. The van der Waals surface area contributed by atoms with Gasteiger partial charge in [0.25, 0.3) is 11.5 Å². The maximum Gasteiger partial charge on any atom is 0.286 e. The van der Waals surface area contributed by atoms with E-state index in [0.717, 1.165) is 5.01 Å². The third-order valence-electron chi connectivity index (χ3n) is 2.30. The third kappa shape index (κ3) is 2.62. The van der Waals surface area contributed by atoms with Gasteiger partial charge in [0.05, 0.1) is 5.69 Å². The minimum atomic E-state index is -0.318. The van der Waals surface area contributed by atoms with Gasteiger partial charge in [-0.25, -0.2) is 0 Å². The Balaban J connectivity index is 2.19. The molecule has 0 aromatic carbocycles. The Labute approximate surface area is 107 Å². The van der Waals surface area contributed by atoms with Gasteiger partial charge in [-0.15, -0.1) is 10.2 Å². The number of carbonyl (C=O) groups is 1. The van der Waals surface area contributed by atoms with Crippen molar-refractivity contribution in [1.29, 1.82) is 0 Å². The molecule has 0 aliphatic carbocycles. The molecule has 0 bridgehead atoms. The van der Waals surface area contributed by atoms with E-state index in [2.05, 4.69) is 15.5 Å². The number of pyridine rings is 1. The summed E-state index contributed by atoms with van der Waals surface area (Å²) < 4.78 is 1.51. The highest BCUT2D eigenvalue weighted by atomic mass is 32.1. The molecule has 1 amide bonds. The van der Waals surface area contributed by atoms with Crippen LogP contribution in [0.1, 0.15) is 21.7 Å². The topological polar surface area (TPSA) is 76.9 Å². The zero-order chi connectivity index (χ0) is 13.1. The Morgan fingerprint density at radius 3 is 2.83 bits per heavy atom. The molecule has 0 saturated heterocycles. The second kappa shape index (κ2) is 5.09. The van der Waals surface area contributed by atoms with Crippen LogP contribution < -0.4 is 10.9 Å². The molecular formula is C11H12N4O2S. The number of nitrogens with zero attached hydrogens (tertiary/aromatic N) is 3. The van der Waals surface area contributed by atoms with E-state index in [1.165, 1.54) is 22.0 Å². The van der Waals surface area contributed by atoms with Gasteiger partial charge in [0.1, 0.15) is 5.01 Å². The van der Waals surface area contributed by atoms with E-state index >= 15 is 0 Å². The van der Waals surface area contributed by atoms with Crippen LogP contribution in [-0.4, -0.2) is 20.7 Å². The number of hydrogen-bond acceptors (Lipinski definition) is 5. The van der Waals surface area contributed by atoms with Crippen LogP contribution >= 0.6 is 11.3 Å². The van der Waals surface area contributed by atoms with Crippen molar-refractivity contribution >= 4 is 22.9 Å². The van der Waals surface area contributed by atoms with E-state index < -0.39 is 0 Å². The molecule has 0 spiro atoms. The van der Waals surface area contributed by atoms with Crippen molar-refractivity contribution in [2.45, 2.75) is 20.4 Å². The van der Waals surface area contributed by atoms with Crippen molar-refractivity contribution in [3.05, 3.63) is 38.7 Å². The zero-order valence-electron chi connectivity index (χ0n) is 10.0. The molecule has 0 radical (unpaired) electrons. The van der Waals surface area contributed by atoms with Crippen LogP contribution in [0.25, 0.3) is 0 Å². The van der Waals surface area contributed by atoms with Crippen molar-refractivity contribution in [2.75, 3.05) is 5.32 Å². The average Bonchev–Trinajstić information content (AvgIpc) is 2.78. The molecule has 0 atom stereocenters. The van der Waals surface area contributed by atoms with E-state index in [1.54, 1.807) is 19.2 Å². The highest BCUT2D eigenvalue weighted by molar-refractivity contribution is 7.13. The summed E-state index contributed by atoms with van der Waals surface area (Å²) in [6.07, 6.45) is 1.61. The number of aromatic nitrogens is 3. The van der Waals surface area contributed by atoms with Crippen LogP contribution in [0.5, 0.6) is 0 Å². The molecule has 94 valence electrons. The fourth-order valence-corrected chi connectivity index (χ4v) is 2.01. The zero-order valence-corrected chi connectivity index (χ0v) is 10.8. The molecule has 2 rings (SSSR count). The third-order valence-corrected chi connectivity index (χ3v) is 3.14. The normalized spacial score (nSPS) is 10.3. The lowest BCUT2D eigenvalue weighted by atomic mass is 10.4. The maximum absolute atomic E-state index is 11.8. The molecule has 6 nitrogen and oxygen atoms in total. The summed E-state index contributed by atoms with van der Waals surface area (Å²) >= 11 is 1.23. The predicted octanol–water partition coefficient (Wildman–Crippen LogP) is 1.28. The Kier molecular flexibility index (Phi) is 3.52. The van der Waals surface area contributed by atoms with E-state index in [9.17, 15) is 9.59 Å². The summed E-state index contributed by atoms with van der Waals surface area (Å²) in [6.45, 7) is 4.20. The van der Waals surface area contributed by atoms with Gasteiger partial charge in [-0.3, -0.25) is 9.59 Å². The lowest BCUT2D eigenvalue weighted by Gasteiger charge is -2.06. The van der Waals surface area contributed by atoms with Crippen molar-refractivity contribution in [1.82, 2.24) is 14.8 Å². The van der Waals surface area contributed by atoms with Gasteiger partial charge in [0.15, 0.2) is 0 Å². The molecule has 7 heteroatoms. The average molecular weight is 264 g/mol. The molecule has 0 aliphatic heterocycles. The first-order chi connectivity index (χ1) is 8.60. The molecule has 1 N–H and O–H groups in total. The fraction of sp³-hybridized carbons (Fsp3) is 0.273. The lowest BCUT2D eigenvalue weighted by molar-refractivity contribution is 0.102. The van der Waals surface area contributed by atoms with Crippen molar-refractivity contribution in [3.63, 3.8) is 0 Å². The van der Waals surface area contributed by atoms with Crippen molar-refractivity contribution in [2.24, 2.45) is 0 Å². The first-order valence-corrected chi connectivity index (χ1v) is 6.23. The Bertz CT molecular complexity index is 632. The number of carbonyl (C=O) groups excluding carboxylic acids is 1. The first kappa shape index (κ1) is 12.4. The summed E-state index contributed by atoms with van der Waals surface area (Å²) in [5.41, 5.74) is 0.469. The minimum Gasteiger partial charge on any atom is -0.319 e. The standard InChI is InChI=1S/C11H12N4O2S/c1-3-15-6-8(4-5-9(15)16)12-10(17)11-14-13-7(2)18-11/h4-6H,3H2,1-2H3,(H,12,17). The van der Waals surface area contributed by atoms with Crippen molar-refractivity contribution < 1.29 is 4.79 Å². The summed E-state index contributed by atoms with van der Waals surface area (Å²) in [6, 6.07) is 2.99. The number of aryl methyl sites for hydroxylation is 2. The maximum atomic E-state index is 11.8. The first-order valence-electron chi connectivity index (χ1n) is 5.42. The lowest BCUT2D eigenvalue weighted by Crippen LogP contribution is -2.19.